The molecule has 2 N–H and O–H groups in total. The average molecular weight is 368 g/mol. The number of hydrazone groups is 1. The van der Waals surface area contributed by atoms with Crippen molar-refractivity contribution in [3.8, 4) is 16.3 Å². The van der Waals surface area contributed by atoms with E-state index in [2.05, 4.69) is 22.4 Å². The van der Waals surface area contributed by atoms with Crippen molar-refractivity contribution < 1.29 is 0 Å². The van der Waals surface area contributed by atoms with Crippen molar-refractivity contribution in [3.05, 3.63) is 72.3 Å². The van der Waals surface area contributed by atoms with Gasteiger partial charge in [-0.2, -0.15) is 10.2 Å². The van der Waals surface area contributed by atoms with E-state index >= 15 is 0 Å². The highest BCUT2D eigenvalue weighted by Gasteiger charge is 2.11. The zero-order valence-electron chi connectivity index (χ0n) is 13.4. The van der Waals surface area contributed by atoms with Gasteiger partial charge in [-0.05, 0) is 35.8 Å². The molecule has 0 aliphatic heterocycles. The molecule has 0 aliphatic carbocycles. The van der Waals surface area contributed by atoms with Gasteiger partial charge in [-0.25, -0.2) is 4.68 Å². The highest BCUT2D eigenvalue weighted by atomic mass is 32.1. The number of thiophene rings is 1. The molecule has 0 fully saturated rings. The molecule has 3 aromatic rings. The van der Waals surface area contributed by atoms with Gasteiger partial charge in [0.25, 0.3) is 0 Å². The standard InChI is InChI=1S/C18H17N5S2/c1-2-10-19-18(24)21-20-12-14-13-23(15-7-4-3-5-8-15)22-17(14)16-9-6-11-25-16/h2-9,11-13H,1,10H2,(H2,19,21,24)/b20-12+. The molecule has 0 bridgehead atoms. The van der Waals surface area contributed by atoms with Crippen LogP contribution in [0.3, 0.4) is 0 Å². The minimum atomic E-state index is 0.448. The van der Waals surface area contributed by atoms with Crippen LogP contribution in [0.5, 0.6) is 0 Å². The summed E-state index contributed by atoms with van der Waals surface area (Å²) < 4.78 is 1.85. The van der Waals surface area contributed by atoms with E-state index in [1.807, 2.05) is 58.7 Å². The Hall–Kier alpha value is -2.77. The van der Waals surface area contributed by atoms with Gasteiger partial charge in [-0.1, -0.05) is 30.3 Å². The second kappa shape index (κ2) is 8.36. The van der Waals surface area contributed by atoms with Crippen molar-refractivity contribution in [2.75, 3.05) is 6.54 Å². The summed E-state index contributed by atoms with van der Waals surface area (Å²) in [5, 5.41) is 14.4. The molecular formula is C18H17N5S2. The minimum absolute atomic E-state index is 0.448. The fourth-order valence-electron chi connectivity index (χ4n) is 2.16. The van der Waals surface area contributed by atoms with Crippen LogP contribution in [-0.4, -0.2) is 27.7 Å². The van der Waals surface area contributed by atoms with Crippen molar-refractivity contribution >= 4 is 34.9 Å². The van der Waals surface area contributed by atoms with E-state index in [0.29, 0.717) is 11.7 Å². The molecule has 2 aromatic heterocycles. The largest absolute Gasteiger partial charge is 0.358 e. The van der Waals surface area contributed by atoms with Crippen LogP contribution in [-0.2, 0) is 0 Å². The molecule has 7 heteroatoms. The number of thiocarbonyl (C=S) groups is 1. The zero-order valence-corrected chi connectivity index (χ0v) is 15.1. The number of benzene rings is 1. The summed E-state index contributed by atoms with van der Waals surface area (Å²) in [6.07, 6.45) is 5.41. The summed E-state index contributed by atoms with van der Waals surface area (Å²) in [5.74, 6) is 0. The normalized spacial score (nSPS) is 10.7. The number of nitrogens with zero attached hydrogens (tertiary/aromatic N) is 3. The van der Waals surface area contributed by atoms with E-state index < -0.39 is 0 Å². The van der Waals surface area contributed by atoms with Crippen molar-refractivity contribution in [3.63, 3.8) is 0 Å². The first-order valence-corrected chi connectivity index (χ1v) is 8.93. The summed E-state index contributed by atoms with van der Waals surface area (Å²) in [6, 6.07) is 14.0. The molecule has 5 nitrogen and oxygen atoms in total. The maximum absolute atomic E-state index is 5.13. The lowest BCUT2D eigenvalue weighted by Gasteiger charge is -2.02. The molecule has 0 amide bonds. The molecular weight excluding hydrogens is 350 g/mol. The summed E-state index contributed by atoms with van der Waals surface area (Å²) in [4.78, 5) is 1.09. The van der Waals surface area contributed by atoms with Gasteiger partial charge in [0.2, 0.25) is 0 Å². The van der Waals surface area contributed by atoms with Crippen molar-refractivity contribution in [2.24, 2.45) is 5.10 Å². The Morgan fingerprint density at radius 1 is 1.28 bits per heavy atom. The summed E-state index contributed by atoms with van der Waals surface area (Å²) in [6.45, 7) is 4.22. The van der Waals surface area contributed by atoms with Gasteiger partial charge in [-0.15, -0.1) is 17.9 Å². The average Bonchev–Trinajstić information content (AvgIpc) is 3.30. The third kappa shape index (κ3) is 4.40. The van der Waals surface area contributed by atoms with E-state index in [4.69, 9.17) is 17.3 Å². The van der Waals surface area contributed by atoms with E-state index in [1.165, 1.54) is 0 Å². The highest BCUT2D eigenvalue weighted by molar-refractivity contribution is 7.80. The van der Waals surface area contributed by atoms with Crippen LogP contribution in [0.15, 0.2) is 71.8 Å². The van der Waals surface area contributed by atoms with Crippen molar-refractivity contribution in [2.45, 2.75) is 0 Å². The Morgan fingerprint density at radius 2 is 2.12 bits per heavy atom. The van der Waals surface area contributed by atoms with Crippen molar-refractivity contribution in [1.82, 2.24) is 20.5 Å². The highest BCUT2D eigenvalue weighted by Crippen LogP contribution is 2.26. The van der Waals surface area contributed by atoms with E-state index in [1.54, 1.807) is 23.6 Å². The fraction of sp³-hybridized carbons (Fsp3) is 0.0556. The molecule has 2 heterocycles. The topological polar surface area (TPSA) is 54.2 Å². The number of hydrogen-bond acceptors (Lipinski definition) is 4. The van der Waals surface area contributed by atoms with Crippen LogP contribution in [0, 0.1) is 0 Å². The van der Waals surface area contributed by atoms with Gasteiger partial charge < -0.3 is 5.32 Å². The summed E-state index contributed by atoms with van der Waals surface area (Å²) >= 11 is 6.77. The Labute approximate surface area is 155 Å². The number of nitrogens with one attached hydrogen (secondary N) is 2. The second-order valence-electron chi connectivity index (χ2n) is 5.06. The smallest absolute Gasteiger partial charge is 0.187 e. The lowest BCUT2D eigenvalue weighted by molar-refractivity contribution is 0.885. The van der Waals surface area contributed by atoms with Gasteiger partial charge in [0.15, 0.2) is 5.11 Å². The van der Waals surface area contributed by atoms with Crippen LogP contribution in [0.2, 0.25) is 0 Å². The molecule has 0 saturated heterocycles. The first-order chi connectivity index (χ1) is 12.3. The molecule has 0 unspecified atom stereocenters. The van der Waals surface area contributed by atoms with Gasteiger partial charge in [-0.3, -0.25) is 5.43 Å². The number of rotatable bonds is 6. The van der Waals surface area contributed by atoms with Gasteiger partial charge in [0.1, 0.15) is 5.69 Å². The third-order valence-corrected chi connectivity index (χ3v) is 4.41. The van der Waals surface area contributed by atoms with Crippen LogP contribution in [0.25, 0.3) is 16.3 Å². The minimum Gasteiger partial charge on any atom is -0.358 e. The fourth-order valence-corrected chi connectivity index (χ4v) is 3.03. The first-order valence-electron chi connectivity index (χ1n) is 7.64. The quantitative estimate of drug-likeness (QED) is 0.303. The summed E-state index contributed by atoms with van der Waals surface area (Å²) in [5.41, 5.74) is 5.58. The number of para-hydroxylation sites is 1. The number of hydrogen-bond donors (Lipinski definition) is 2. The maximum Gasteiger partial charge on any atom is 0.187 e. The predicted molar refractivity (Wildman–Crippen MR) is 108 cm³/mol. The van der Waals surface area contributed by atoms with E-state index in [9.17, 15) is 0 Å². The molecule has 0 radical (unpaired) electrons. The molecule has 1 aromatic carbocycles. The van der Waals surface area contributed by atoms with Crippen LogP contribution in [0.4, 0.5) is 0 Å². The SMILES string of the molecule is C=CCNC(=S)N/N=C/c1cn(-c2ccccc2)nc1-c1cccs1. The van der Waals surface area contributed by atoms with E-state index in [0.717, 1.165) is 21.8 Å². The predicted octanol–water partition coefficient (Wildman–Crippen LogP) is 3.58. The van der Waals surface area contributed by atoms with Gasteiger partial charge in [0.05, 0.1) is 16.8 Å². The first kappa shape index (κ1) is 17.1. The zero-order chi connectivity index (χ0) is 17.5. The van der Waals surface area contributed by atoms with Crippen LogP contribution >= 0.6 is 23.6 Å². The van der Waals surface area contributed by atoms with Gasteiger partial charge >= 0.3 is 0 Å². The molecule has 0 aliphatic rings. The second-order valence-corrected chi connectivity index (χ2v) is 6.42. The Balaban J connectivity index is 1.85. The lowest BCUT2D eigenvalue weighted by atomic mass is 10.2. The van der Waals surface area contributed by atoms with Crippen molar-refractivity contribution in [1.29, 1.82) is 0 Å². The molecule has 25 heavy (non-hydrogen) atoms. The van der Waals surface area contributed by atoms with Gasteiger partial charge in [0, 0.05) is 18.3 Å². The molecule has 0 saturated carbocycles. The Bertz CT molecular complexity index is 866. The Kier molecular flexibility index (Phi) is 5.71. The molecule has 3 rings (SSSR count). The number of aromatic nitrogens is 2. The van der Waals surface area contributed by atoms with E-state index in [-0.39, 0.29) is 0 Å². The van der Waals surface area contributed by atoms with Crippen LogP contribution in [0.1, 0.15) is 5.56 Å². The summed E-state index contributed by atoms with van der Waals surface area (Å²) in [7, 11) is 0. The third-order valence-electron chi connectivity index (χ3n) is 3.29. The lowest BCUT2D eigenvalue weighted by Crippen LogP contribution is -2.31. The maximum atomic E-state index is 5.13. The molecule has 126 valence electrons. The van der Waals surface area contributed by atoms with Crippen LogP contribution < -0.4 is 10.7 Å². The monoisotopic (exact) mass is 367 g/mol. The molecule has 0 spiro atoms. The molecule has 0 atom stereocenters. The Morgan fingerprint density at radius 3 is 2.84 bits per heavy atom.